The average molecular weight is 849 g/mol. The van der Waals surface area contributed by atoms with Crippen LogP contribution in [-0.4, -0.2) is 14.1 Å². The number of aromatic nitrogens is 3. The Labute approximate surface area is 380 Å². The van der Waals surface area contributed by atoms with Crippen LogP contribution in [0.1, 0.15) is 5.56 Å². The minimum absolute atomic E-state index is 0.903. The van der Waals surface area contributed by atoms with Crippen LogP contribution in [0.25, 0.3) is 97.5 Å². The molecule has 0 radical (unpaired) electrons. The topological polar surface area (TPSA) is 26.0 Å². The van der Waals surface area contributed by atoms with Crippen molar-refractivity contribution >= 4 is 92.2 Å². The Kier molecular flexibility index (Phi) is 8.58. The lowest BCUT2D eigenvalue weighted by molar-refractivity contribution is 1.07. The smallest absolute Gasteiger partial charge is 0.137 e. The third kappa shape index (κ3) is 6.08. The number of hydrogen-bond donors (Lipinski definition) is 0. The standard InChI is InChI=1S/C60H40N4S/c1-39-20-35-58(61-38-39)64-54-33-25-43(36-52(54)59-55(64)34-32-51-48-16-8-10-18-53(48)63(60(51)59)44-14-6-3-7-15-44)42-23-28-46(29-24-42)62(45-26-21-41(22-27-45)40-12-4-2-5-13-40)47-30-31-50-49-17-9-11-19-56(49)65-57(50)37-47/h2-38H,1H3. The van der Waals surface area contributed by atoms with Gasteiger partial charge in [-0.15, -0.1) is 11.3 Å². The minimum Gasteiger partial charge on any atom is -0.310 e. The molecule has 0 bridgehead atoms. The second kappa shape index (κ2) is 14.9. The third-order valence-electron chi connectivity index (χ3n) is 13.0. The summed E-state index contributed by atoms with van der Waals surface area (Å²) in [6.45, 7) is 2.09. The predicted molar refractivity (Wildman–Crippen MR) is 276 cm³/mol. The summed E-state index contributed by atoms with van der Waals surface area (Å²) in [5.74, 6) is 0.903. The maximum atomic E-state index is 4.98. The van der Waals surface area contributed by atoms with E-state index < -0.39 is 0 Å². The lowest BCUT2D eigenvalue weighted by Gasteiger charge is -2.26. The maximum absolute atomic E-state index is 4.98. The molecular formula is C60H40N4S. The van der Waals surface area contributed by atoms with E-state index in [9.17, 15) is 0 Å². The fraction of sp³-hybridized carbons (Fsp3) is 0.0167. The van der Waals surface area contributed by atoms with Crippen molar-refractivity contribution < 1.29 is 0 Å². The molecule has 0 atom stereocenters. The Bertz CT molecular complexity index is 3920. The Hall–Kier alpha value is -8.25. The average Bonchev–Trinajstić information content (AvgIpc) is 4.02. The van der Waals surface area contributed by atoms with E-state index in [1.54, 1.807) is 0 Å². The molecule has 306 valence electrons. The Morgan fingerprint density at radius 1 is 0.400 bits per heavy atom. The number of anilines is 3. The van der Waals surface area contributed by atoms with Gasteiger partial charge in [-0.3, -0.25) is 4.57 Å². The molecule has 0 aliphatic carbocycles. The number of hydrogen-bond acceptors (Lipinski definition) is 3. The van der Waals surface area contributed by atoms with Crippen molar-refractivity contribution in [1.29, 1.82) is 0 Å². The fourth-order valence-corrected chi connectivity index (χ4v) is 11.1. The number of pyridine rings is 1. The zero-order chi connectivity index (χ0) is 43.0. The van der Waals surface area contributed by atoms with Gasteiger partial charge in [-0.2, -0.15) is 0 Å². The van der Waals surface area contributed by atoms with Crippen LogP contribution in [0.3, 0.4) is 0 Å². The predicted octanol–water partition coefficient (Wildman–Crippen LogP) is 16.8. The number of para-hydroxylation sites is 2. The van der Waals surface area contributed by atoms with Crippen molar-refractivity contribution in [2.45, 2.75) is 6.92 Å². The summed E-state index contributed by atoms with van der Waals surface area (Å²) in [5.41, 5.74) is 14.9. The second-order valence-corrected chi connectivity index (χ2v) is 18.0. The van der Waals surface area contributed by atoms with Crippen LogP contribution in [0, 0.1) is 6.92 Å². The molecule has 0 spiro atoms. The van der Waals surface area contributed by atoms with Gasteiger partial charge in [0.15, 0.2) is 0 Å². The monoisotopic (exact) mass is 848 g/mol. The lowest BCUT2D eigenvalue weighted by atomic mass is 10.0. The SMILES string of the molecule is Cc1ccc(-n2c3ccc(-c4ccc(N(c5ccc(-c6ccccc6)cc5)c5ccc6c(c5)sc5ccccc56)cc4)cc3c3c2ccc2c4ccccc4n(-c4ccccc4)c23)nc1. The van der Waals surface area contributed by atoms with Crippen molar-refractivity contribution in [2.75, 3.05) is 4.90 Å². The molecule has 4 nitrogen and oxygen atoms in total. The summed E-state index contributed by atoms with van der Waals surface area (Å²) >= 11 is 1.85. The second-order valence-electron chi connectivity index (χ2n) is 16.9. The number of nitrogens with zero attached hydrogens (tertiary/aromatic N) is 4. The fourth-order valence-electron chi connectivity index (χ4n) is 9.96. The molecule has 5 heteroatoms. The van der Waals surface area contributed by atoms with Crippen LogP contribution < -0.4 is 4.90 Å². The molecule has 13 rings (SSSR count). The summed E-state index contributed by atoms with van der Waals surface area (Å²) in [6, 6.07) is 79.6. The highest BCUT2D eigenvalue weighted by atomic mass is 32.1. The number of aryl methyl sites for hydroxylation is 1. The third-order valence-corrected chi connectivity index (χ3v) is 14.1. The molecule has 0 saturated heterocycles. The molecule has 0 N–H and O–H groups in total. The quantitative estimate of drug-likeness (QED) is 0.160. The van der Waals surface area contributed by atoms with E-state index in [-0.39, 0.29) is 0 Å². The van der Waals surface area contributed by atoms with Crippen molar-refractivity contribution in [3.63, 3.8) is 0 Å². The molecule has 4 heterocycles. The molecular weight excluding hydrogens is 809 g/mol. The van der Waals surface area contributed by atoms with Crippen LogP contribution >= 0.6 is 11.3 Å². The number of benzene rings is 9. The van der Waals surface area contributed by atoms with Crippen molar-refractivity contribution in [2.24, 2.45) is 0 Å². The summed E-state index contributed by atoms with van der Waals surface area (Å²) in [5, 5.41) is 7.46. The normalized spacial score (nSPS) is 11.8. The molecule has 0 fully saturated rings. The van der Waals surface area contributed by atoms with Gasteiger partial charge < -0.3 is 9.47 Å². The molecule has 9 aromatic carbocycles. The molecule has 13 aromatic rings. The highest BCUT2D eigenvalue weighted by Gasteiger charge is 2.22. The van der Waals surface area contributed by atoms with Gasteiger partial charge in [-0.05, 0) is 120 Å². The number of rotatable bonds is 7. The molecule has 0 aliphatic heterocycles. The van der Waals surface area contributed by atoms with E-state index in [1.165, 1.54) is 63.9 Å². The summed E-state index contributed by atoms with van der Waals surface area (Å²) in [7, 11) is 0. The lowest BCUT2D eigenvalue weighted by Crippen LogP contribution is -2.09. The van der Waals surface area contributed by atoms with E-state index in [0.29, 0.717) is 0 Å². The van der Waals surface area contributed by atoms with E-state index in [2.05, 4.69) is 239 Å². The highest BCUT2D eigenvalue weighted by Crippen LogP contribution is 2.45. The van der Waals surface area contributed by atoms with Gasteiger partial charge in [0.05, 0.1) is 22.1 Å². The van der Waals surface area contributed by atoms with Crippen LogP contribution in [0.4, 0.5) is 17.1 Å². The van der Waals surface area contributed by atoms with Gasteiger partial charge >= 0.3 is 0 Å². The van der Waals surface area contributed by atoms with Gasteiger partial charge in [0.25, 0.3) is 0 Å². The largest absolute Gasteiger partial charge is 0.310 e. The van der Waals surface area contributed by atoms with Gasteiger partial charge in [-0.1, -0.05) is 133 Å². The minimum atomic E-state index is 0.903. The van der Waals surface area contributed by atoms with E-state index in [1.807, 2.05) is 17.5 Å². The molecule has 0 amide bonds. The van der Waals surface area contributed by atoms with Crippen molar-refractivity contribution in [3.05, 3.63) is 230 Å². The van der Waals surface area contributed by atoms with Crippen LogP contribution in [-0.2, 0) is 0 Å². The Morgan fingerprint density at radius 2 is 0.985 bits per heavy atom. The maximum Gasteiger partial charge on any atom is 0.137 e. The number of thiophene rings is 1. The van der Waals surface area contributed by atoms with Gasteiger partial charge in [-0.25, -0.2) is 4.98 Å². The molecule has 65 heavy (non-hydrogen) atoms. The van der Waals surface area contributed by atoms with E-state index in [4.69, 9.17) is 4.98 Å². The van der Waals surface area contributed by atoms with Crippen LogP contribution in [0.15, 0.2) is 225 Å². The Balaban J connectivity index is 0.985. The van der Waals surface area contributed by atoms with Crippen molar-refractivity contribution in [3.8, 4) is 33.8 Å². The molecule has 0 aliphatic rings. The van der Waals surface area contributed by atoms with Crippen molar-refractivity contribution in [1.82, 2.24) is 14.1 Å². The summed E-state index contributed by atoms with van der Waals surface area (Å²) < 4.78 is 7.36. The zero-order valence-corrected chi connectivity index (χ0v) is 36.4. The van der Waals surface area contributed by atoms with Crippen LogP contribution in [0.2, 0.25) is 0 Å². The first-order valence-electron chi connectivity index (χ1n) is 22.1. The van der Waals surface area contributed by atoms with E-state index in [0.717, 1.165) is 56.3 Å². The first-order chi connectivity index (χ1) is 32.1. The van der Waals surface area contributed by atoms with Gasteiger partial charge in [0.2, 0.25) is 0 Å². The Morgan fingerprint density at radius 3 is 1.74 bits per heavy atom. The summed E-state index contributed by atoms with van der Waals surface area (Å²) in [6.07, 6.45) is 1.96. The number of fused-ring (bicyclic) bond motifs is 10. The van der Waals surface area contributed by atoms with Crippen LogP contribution in [0.5, 0.6) is 0 Å². The molecule has 4 aromatic heterocycles. The van der Waals surface area contributed by atoms with E-state index >= 15 is 0 Å². The first-order valence-corrected chi connectivity index (χ1v) is 22.9. The molecule has 0 unspecified atom stereocenters. The first kappa shape index (κ1) is 37.3. The highest BCUT2D eigenvalue weighted by molar-refractivity contribution is 7.25. The molecule has 0 saturated carbocycles. The summed E-state index contributed by atoms with van der Waals surface area (Å²) in [4.78, 5) is 7.36. The van der Waals surface area contributed by atoms with Gasteiger partial charge in [0.1, 0.15) is 5.82 Å². The van der Waals surface area contributed by atoms with Gasteiger partial charge in [0, 0.05) is 70.7 Å². The zero-order valence-electron chi connectivity index (χ0n) is 35.6.